The van der Waals surface area contributed by atoms with Gasteiger partial charge in [-0.1, -0.05) is 6.07 Å². The van der Waals surface area contributed by atoms with Crippen LogP contribution in [0.1, 0.15) is 11.3 Å². The normalized spacial score (nSPS) is 33.9. The Kier molecular flexibility index (Phi) is 5.02. The molecule has 3 atom stereocenters. The fraction of sp³-hybridized carbons (Fsp3) is 0.778. The van der Waals surface area contributed by atoms with E-state index in [1.54, 1.807) is 0 Å². The van der Waals surface area contributed by atoms with E-state index in [1.807, 2.05) is 11.3 Å². The maximum absolute atomic E-state index is 6.23. The third kappa shape index (κ3) is 3.80. The van der Waals surface area contributed by atoms with E-state index in [0.29, 0.717) is 6.10 Å². The predicted octanol–water partition coefficient (Wildman–Crippen LogP) is 1.83. The zero-order valence-corrected chi connectivity index (χ0v) is 15.0. The number of thiophene rings is 1. The molecule has 0 spiro atoms. The molecule has 4 nitrogen and oxygen atoms in total. The lowest BCUT2D eigenvalue weighted by molar-refractivity contribution is 0.0298. The van der Waals surface area contributed by atoms with Crippen molar-refractivity contribution in [2.24, 2.45) is 11.8 Å². The zero-order chi connectivity index (χ0) is 15.6. The first kappa shape index (κ1) is 16.0. The second-order valence-corrected chi connectivity index (χ2v) is 8.54. The highest BCUT2D eigenvalue weighted by Gasteiger charge is 2.41. The van der Waals surface area contributed by atoms with Crippen molar-refractivity contribution in [3.05, 3.63) is 22.4 Å². The topological polar surface area (TPSA) is 19.0 Å². The standard InChI is InChI=1S/C18H29N3OS/c1-19-6-8-20(9-7-19)13-18-17-12-21(5-4-15(17)14-22-18)11-16-3-2-10-23-16/h2-3,10,15,17-18H,4-9,11-14H2,1H3/t15-,17-,18+/m1/s1. The summed E-state index contributed by atoms with van der Waals surface area (Å²) in [6.07, 6.45) is 1.77. The Hall–Kier alpha value is -0.460. The number of ether oxygens (including phenoxy) is 1. The number of hydrogen-bond acceptors (Lipinski definition) is 5. The predicted molar refractivity (Wildman–Crippen MR) is 94.9 cm³/mol. The molecule has 0 radical (unpaired) electrons. The van der Waals surface area contributed by atoms with Crippen LogP contribution >= 0.6 is 11.3 Å². The first-order chi connectivity index (χ1) is 11.3. The summed E-state index contributed by atoms with van der Waals surface area (Å²) in [5.74, 6) is 1.54. The zero-order valence-electron chi connectivity index (χ0n) is 14.2. The van der Waals surface area contributed by atoms with Crippen LogP contribution in [0.2, 0.25) is 0 Å². The molecule has 0 unspecified atom stereocenters. The molecule has 3 aliphatic heterocycles. The van der Waals surface area contributed by atoms with Crippen LogP contribution in [0.5, 0.6) is 0 Å². The van der Waals surface area contributed by atoms with Crippen molar-refractivity contribution >= 4 is 11.3 Å². The summed E-state index contributed by atoms with van der Waals surface area (Å²) in [5, 5.41) is 2.19. The van der Waals surface area contributed by atoms with Crippen molar-refractivity contribution in [3.63, 3.8) is 0 Å². The van der Waals surface area contributed by atoms with Crippen LogP contribution in [0, 0.1) is 11.8 Å². The van der Waals surface area contributed by atoms with Crippen molar-refractivity contribution < 1.29 is 4.74 Å². The number of hydrogen-bond donors (Lipinski definition) is 0. The quantitative estimate of drug-likeness (QED) is 0.836. The van der Waals surface area contributed by atoms with Gasteiger partial charge in [-0.3, -0.25) is 9.80 Å². The van der Waals surface area contributed by atoms with Crippen LogP contribution in [0.3, 0.4) is 0 Å². The summed E-state index contributed by atoms with van der Waals surface area (Å²) < 4.78 is 6.23. The Bertz CT molecular complexity index is 486. The lowest BCUT2D eigenvalue weighted by Gasteiger charge is -2.38. The smallest absolute Gasteiger partial charge is 0.0745 e. The summed E-state index contributed by atoms with van der Waals surface area (Å²) in [6.45, 7) is 10.5. The van der Waals surface area contributed by atoms with Crippen molar-refractivity contribution in [3.8, 4) is 0 Å². The number of likely N-dealkylation sites (N-methyl/N-ethyl adjacent to an activating group) is 1. The van der Waals surface area contributed by atoms with Gasteiger partial charge in [-0.25, -0.2) is 0 Å². The summed E-state index contributed by atoms with van der Waals surface area (Å²) >= 11 is 1.89. The summed E-state index contributed by atoms with van der Waals surface area (Å²) in [6, 6.07) is 4.44. The third-order valence-electron chi connectivity index (χ3n) is 5.89. The monoisotopic (exact) mass is 335 g/mol. The van der Waals surface area contributed by atoms with Gasteiger partial charge >= 0.3 is 0 Å². The van der Waals surface area contributed by atoms with Gasteiger partial charge in [0.15, 0.2) is 0 Å². The highest BCUT2D eigenvalue weighted by atomic mass is 32.1. The molecule has 4 rings (SSSR count). The molecule has 3 aliphatic rings. The van der Waals surface area contributed by atoms with Gasteiger partial charge in [-0.15, -0.1) is 11.3 Å². The minimum absolute atomic E-state index is 0.453. The number of nitrogens with zero attached hydrogens (tertiary/aromatic N) is 3. The highest BCUT2D eigenvalue weighted by Crippen LogP contribution is 2.35. The largest absolute Gasteiger partial charge is 0.376 e. The Morgan fingerprint density at radius 2 is 2.04 bits per heavy atom. The van der Waals surface area contributed by atoms with E-state index in [2.05, 4.69) is 39.3 Å². The minimum Gasteiger partial charge on any atom is -0.376 e. The average molecular weight is 336 g/mol. The first-order valence-electron chi connectivity index (χ1n) is 9.05. The van der Waals surface area contributed by atoms with Crippen LogP contribution < -0.4 is 0 Å². The molecule has 4 heterocycles. The van der Waals surface area contributed by atoms with Gasteiger partial charge in [0, 0.05) is 56.6 Å². The molecule has 0 aromatic carbocycles. The van der Waals surface area contributed by atoms with Crippen LogP contribution in [-0.4, -0.2) is 80.3 Å². The third-order valence-corrected chi connectivity index (χ3v) is 6.75. The lowest BCUT2D eigenvalue weighted by Crippen LogP contribution is -2.49. The molecule has 23 heavy (non-hydrogen) atoms. The van der Waals surface area contributed by atoms with Gasteiger partial charge in [-0.05, 0) is 37.4 Å². The molecule has 0 N–H and O–H groups in total. The molecule has 0 saturated carbocycles. The van der Waals surface area contributed by atoms with Gasteiger partial charge in [0.2, 0.25) is 0 Å². The van der Waals surface area contributed by atoms with Crippen LogP contribution in [-0.2, 0) is 11.3 Å². The molecule has 5 heteroatoms. The molecular formula is C18H29N3OS. The Balaban J connectivity index is 1.33. The second kappa shape index (κ2) is 7.19. The summed E-state index contributed by atoms with van der Waals surface area (Å²) in [7, 11) is 2.23. The average Bonchev–Trinajstić information content (AvgIpc) is 3.20. The molecule has 1 aromatic rings. The number of piperidine rings is 1. The van der Waals surface area contributed by atoms with E-state index in [1.165, 1.54) is 50.6 Å². The Morgan fingerprint density at radius 1 is 1.17 bits per heavy atom. The van der Waals surface area contributed by atoms with Crippen molar-refractivity contribution in [2.45, 2.75) is 19.1 Å². The molecule has 3 fully saturated rings. The summed E-state index contributed by atoms with van der Waals surface area (Å²) in [4.78, 5) is 9.19. The lowest BCUT2D eigenvalue weighted by atomic mass is 9.84. The van der Waals surface area contributed by atoms with Crippen molar-refractivity contribution in [2.75, 3.05) is 59.5 Å². The van der Waals surface area contributed by atoms with Gasteiger partial charge in [-0.2, -0.15) is 0 Å². The minimum atomic E-state index is 0.453. The Labute approximate surface area is 144 Å². The van der Waals surface area contributed by atoms with Crippen LogP contribution in [0.4, 0.5) is 0 Å². The maximum atomic E-state index is 6.23. The van der Waals surface area contributed by atoms with Crippen LogP contribution in [0.25, 0.3) is 0 Å². The first-order valence-corrected chi connectivity index (χ1v) is 9.93. The number of likely N-dealkylation sites (tertiary alicyclic amines) is 1. The van der Waals surface area contributed by atoms with Gasteiger partial charge in [0.25, 0.3) is 0 Å². The molecule has 0 bridgehead atoms. The van der Waals surface area contributed by atoms with E-state index in [9.17, 15) is 0 Å². The molecule has 1 aromatic heterocycles. The van der Waals surface area contributed by atoms with E-state index < -0.39 is 0 Å². The van der Waals surface area contributed by atoms with E-state index in [4.69, 9.17) is 4.74 Å². The van der Waals surface area contributed by atoms with Gasteiger partial charge in [0.05, 0.1) is 12.7 Å². The fourth-order valence-electron chi connectivity index (χ4n) is 4.34. The second-order valence-electron chi connectivity index (χ2n) is 7.50. The molecule has 128 valence electrons. The van der Waals surface area contributed by atoms with Gasteiger partial charge < -0.3 is 9.64 Å². The van der Waals surface area contributed by atoms with E-state index in [0.717, 1.165) is 31.5 Å². The van der Waals surface area contributed by atoms with E-state index >= 15 is 0 Å². The number of rotatable bonds is 4. The van der Waals surface area contributed by atoms with Crippen LogP contribution in [0.15, 0.2) is 17.5 Å². The number of piperazine rings is 1. The fourth-order valence-corrected chi connectivity index (χ4v) is 5.09. The van der Waals surface area contributed by atoms with Crippen molar-refractivity contribution in [1.82, 2.24) is 14.7 Å². The number of fused-ring (bicyclic) bond motifs is 1. The molecule has 0 amide bonds. The Morgan fingerprint density at radius 3 is 2.83 bits per heavy atom. The molecular weight excluding hydrogens is 306 g/mol. The SMILES string of the molecule is CN1CCN(C[C@@H]2OC[C@H]3CCN(Cc4cccs4)C[C@H]32)CC1. The van der Waals surface area contributed by atoms with Crippen molar-refractivity contribution in [1.29, 1.82) is 0 Å². The molecule has 3 saturated heterocycles. The summed E-state index contributed by atoms with van der Waals surface area (Å²) in [5.41, 5.74) is 0. The maximum Gasteiger partial charge on any atom is 0.0745 e. The highest BCUT2D eigenvalue weighted by molar-refractivity contribution is 7.09. The van der Waals surface area contributed by atoms with E-state index in [-0.39, 0.29) is 0 Å². The molecule has 0 aliphatic carbocycles. The van der Waals surface area contributed by atoms with Gasteiger partial charge in [0.1, 0.15) is 0 Å².